The maximum atomic E-state index is 8.91. The molecule has 131 valence electrons. The minimum absolute atomic E-state index is 0.0359. The molecule has 0 spiro atoms. The van der Waals surface area contributed by atoms with Crippen LogP contribution in [0.5, 0.6) is 0 Å². The molecule has 0 saturated heterocycles. The highest BCUT2D eigenvalue weighted by Crippen LogP contribution is 2.17. The van der Waals surface area contributed by atoms with Crippen LogP contribution in [0.15, 0.2) is 0 Å². The molecule has 1 rings (SSSR count). The molecule has 1 N–H and O–H groups in total. The molecule has 1 nitrogen and oxygen atoms in total. The quantitative estimate of drug-likeness (QED) is 0.359. The monoisotopic (exact) mass is 325 g/mol. The fourth-order valence-corrected chi connectivity index (χ4v) is 5.20. The van der Waals surface area contributed by atoms with Crippen molar-refractivity contribution in [3.63, 3.8) is 0 Å². The van der Waals surface area contributed by atoms with E-state index in [1.54, 1.807) is 10.6 Å². The van der Waals surface area contributed by atoms with Gasteiger partial charge in [0, 0.05) is 0 Å². The highest BCUT2D eigenvalue weighted by molar-refractivity contribution is 6.35. The summed E-state index contributed by atoms with van der Waals surface area (Å²) < 4.78 is 0. The van der Waals surface area contributed by atoms with E-state index in [9.17, 15) is 0 Å². The Labute approximate surface area is 147 Å². The summed E-state index contributed by atoms with van der Waals surface area (Å²) in [5.74, 6) is 1.96. The molecule has 2 unspecified atom stereocenters. The fourth-order valence-electron chi connectivity index (χ4n) is 3.30. The van der Waals surface area contributed by atoms with E-state index in [2.05, 4.69) is 27.7 Å². The van der Waals surface area contributed by atoms with Crippen LogP contribution in [0.2, 0.25) is 10.6 Å². The van der Waals surface area contributed by atoms with E-state index in [0.717, 1.165) is 39.9 Å². The molecule has 1 fully saturated rings. The van der Waals surface area contributed by atoms with Crippen molar-refractivity contribution >= 4 is 15.2 Å². The van der Waals surface area contributed by atoms with Gasteiger partial charge in [-0.25, -0.2) is 0 Å². The van der Waals surface area contributed by atoms with Gasteiger partial charge in [-0.05, 0) is 24.7 Å². The molecular weight excluding hydrogens is 283 g/mol. The minimum atomic E-state index is 0.0359. The van der Waals surface area contributed by atoms with Crippen LogP contribution in [0, 0.1) is 11.8 Å². The highest BCUT2D eigenvalue weighted by Gasteiger charge is 2.07. The first-order chi connectivity index (χ1) is 10.6. The molecule has 1 aliphatic carbocycles. The highest BCUT2D eigenvalue weighted by atomic mass is 27.1. The van der Waals surface area contributed by atoms with Gasteiger partial charge in [-0.1, -0.05) is 85.5 Å². The first-order valence-corrected chi connectivity index (χ1v) is 11.7. The van der Waals surface area contributed by atoms with Crippen LogP contribution in [0.1, 0.15) is 98.3 Å². The molecule has 2 heteroatoms. The zero-order valence-electron chi connectivity index (χ0n) is 15.9. The van der Waals surface area contributed by atoms with E-state index >= 15 is 0 Å². The van der Waals surface area contributed by atoms with Crippen molar-refractivity contribution in [3.8, 4) is 0 Å². The molecule has 0 aromatic heterocycles. The predicted octanol–water partition coefficient (Wildman–Crippen LogP) is 6.49. The lowest BCUT2D eigenvalue weighted by molar-refractivity contribution is 0.130. The van der Waals surface area contributed by atoms with Gasteiger partial charge in [0.05, 0.1) is 6.10 Å². The predicted molar refractivity (Wildman–Crippen MR) is 102 cm³/mol. The number of hydrogen-bond donors (Lipinski definition) is 1. The van der Waals surface area contributed by atoms with E-state index in [1.165, 1.54) is 57.8 Å². The van der Waals surface area contributed by atoms with Crippen molar-refractivity contribution in [2.24, 2.45) is 11.8 Å². The summed E-state index contributed by atoms with van der Waals surface area (Å²) in [5, 5.41) is 12.0. The van der Waals surface area contributed by atoms with Gasteiger partial charge < -0.3 is 5.11 Å². The summed E-state index contributed by atoms with van der Waals surface area (Å²) in [6, 6.07) is 0. The Morgan fingerprint density at radius 1 is 0.818 bits per heavy atom. The van der Waals surface area contributed by atoms with Crippen LogP contribution in [0.25, 0.3) is 0 Å². The SMILES string of the molecule is CCCC(C)C[CH2][Al][CH2]CC(C)CCC.OC1CCCCC1. The Kier molecular flexibility index (Phi) is 16.7. The van der Waals surface area contributed by atoms with E-state index < -0.39 is 0 Å². The zero-order chi connectivity index (χ0) is 16.6. The summed E-state index contributed by atoms with van der Waals surface area (Å²) >= 11 is 0.759. The van der Waals surface area contributed by atoms with Crippen molar-refractivity contribution in [1.82, 2.24) is 0 Å². The molecule has 0 bridgehead atoms. The van der Waals surface area contributed by atoms with Gasteiger partial charge >= 0.3 is 0 Å². The average molecular weight is 326 g/mol. The molecule has 0 heterocycles. The molecule has 0 aromatic rings. The van der Waals surface area contributed by atoms with E-state index in [-0.39, 0.29) is 6.10 Å². The van der Waals surface area contributed by atoms with E-state index in [1.807, 2.05) is 0 Å². The normalized spacial score (nSPS) is 18.2. The van der Waals surface area contributed by atoms with Crippen LogP contribution >= 0.6 is 0 Å². The Hall–Kier alpha value is 0.492. The largest absolute Gasteiger partial charge is 0.393 e. The number of aliphatic hydroxyl groups is 1. The molecule has 2 atom stereocenters. The summed E-state index contributed by atoms with van der Waals surface area (Å²) in [7, 11) is 0. The van der Waals surface area contributed by atoms with Crippen molar-refractivity contribution in [1.29, 1.82) is 0 Å². The lowest BCUT2D eigenvalue weighted by Gasteiger charge is -2.14. The third kappa shape index (κ3) is 15.4. The zero-order valence-corrected chi connectivity index (χ0v) is 17.1. The maximum Gasteiger partial charge on any atom is 0.199 e. The van der Waals surface area contributed by atoms with Crippen LogP contribution < -0.4 is 0 Å². The fraction of sp³-hybridized carbons (Fsp3) is 1.00. The number of aliphatic hydroxyl groups excluding tert-OH is 1. The Morgan fingerprint density at radius 2 is 1.27 bits per heavy atom. The average Bonchev–Trinajstić information content (AvgIpc) is 2.49. The first-order valence-electron chi connectivity index (χ1n) is 10.1. The molecule has 0 aromatic carbocycles. The summed E-state index contributed by atoms with van der Waals surface area (Å²) in [6.07, 6.45) is 14.5. The van der Waals surface area contributed by atoms with Crippen LogP contribution in [0.4, 0.5) is 0 Å². The van der Waals surface area contributed by atoms with Crippen LogP contribution in [0.3, 0.4) is 0 Å². The Bertz CT molecular complexity index is 200. The summed E-state index contributed by atoms with van der Waals surface area (Å²) in [5.41, 5.74) is 0. The van der Waals surface area contributed by atoms with Crippen molar-refractivity contribution in [2.45, 2.75) is 115 Å². The van der Waals surface area contributed by atoms with Gasteiger partial charge in [0.2, 0.25) is 0 Å². The Balaban J connectivity index is 0.000000518. The molecule has 1 saturated carbocycles. The van der Waals surface area contributed by atoms with Crippen molar-refractivity contribution < 1.29 is 5.11 Å². The molecule has 1 radical (unpaired) electrons. The Morgan fingerprint density at radius 3 is 1.59 bits per heavy atom. The van der Waals surface area contributed by atoms with Gasteiger partial charge in [-0.2, -0.15) is 0 Å². The second-order valence-electron chi connectivity index (χ2n) is 7.52. The second-order valence-corrected chi connectivity index (χ2v) is 9.25. The van der Waals surface area contributed by atoms with Crippen molar-refractivity contribution in [3.05, 3.63) is 0 Å². The van der Waals surface area contributed by atoms with Gasteiger partial charge in [0.25, 0.3) is 0 Å². The summed E-state index contributed by atoms with van der Waals surface area (Å²) in [6.45, 7) is 9.44. The smallest absolute Gasteiger partial charge is 0.199 e. The number of hydrogen-bond acceptors (Lipinski definition) is 1. The third-order valence-corrected chi connectivity index (χ3v) is 6.35. The molecule has 0 amide bonds. The van der Waals surface area contributed by atoms with Gasteiger partial charge in [-0.3, -0.25) is 0 Å². The third-order valence-electron chi connectivity index (χ3n) is 4.86. The lowest BCUT2D eigenvalue weighted by atomic mass is 9.98. The second kappa shape index (κ2) is 16.4. The molecular formula is C20H42AlO. The van der Waals surface area contributed by atoms with Crippen LogP contribution in [-0.4, -0.2) is 26.4 Å². The van der Waals surface area contributed by atoms with Crippen molar-refractivity contribution in [2.75, 3.05) is 0 Å². The standard InChI is InChI=1S/2C7H15.C6H12O.Al/c2*1-4-6-7(3)5-2;7-6-4-2-1-3-5-6;/h2*7H,2,4-6H2,1,3H3;6-7H,1-5H2;. The first kappa shape index (κ1) is 22.5. The molecule has 22 heavy (non-hydrogen) atoms. The van der Waals surface area contributed by atoms with Gasteiger partial charge in [0.1, 0.15) is 0 Å². The van der Waals surface area contributed by atoms with Crippen LogP contribution in [-0.2, 0) is 0 Å². The maximum absolute atomic E-state index is 8.91. The minimum Gasteiger partial charge on any atom is -0.393 e. The lowest BCUT2D eigenvalue weighted by Crippen LogP contribution is -2.09. The van der Waals surface area contributed by atoms with E-state index in [4.69, 9.17) is 5.11 Å². The molecule has 1 aliphatic rings. The summed E-state index contributed by atoms with van der Waals surface area (Å²) in [4.78, 5) is 0. The van der Waals surface area contributed by atoms with E-state index in [0.29, 0.717) is 0 Å². The van der Waals surface area contributed by atoms with Gasteiger partial charge in [-0.15, -0.1) is 10.6 Å². The topological polar surface area (TPSA) is 20.2 Å². The van der Waals surface area contributed by atoms with Gasteiger partial charge in [0.15, 0.2) is 15.2 Å². The molecule has 0 aliphatic heterocycles. The number of rotatable bonds is 10.